The van der Waals surface area contributed by atoms with Crippen molar-refractivity contribution in [3.8, 4) is 0 Å². The largest absolute Gasteiger partial charge is 1.00 e. The number of aliphatic hydroxyl groups is 1. The SMILES string of the molecule is C[N+](C)(C)CC(O)CNN.[Cl-]. The monoisotopic (exact) mass is 183 g/mol. The number of hydrogen-bond donors (Lipinski definition) is 3. The van der Waals surface area contributed by atoms with Crippen molar-refractivity contribution < 1.29 is 22.0 Å². The molecule has 0 spiro atoms. The van der Waals surface area contributed by atoms with Crippen LogP contribution in [0.4, 0.5) is 0 Å². The van der Waals surface area contributed by atoms with Crippen molar-refractivity contribution in [3.63, 3.8) is 0 Å². The Kier molecular flexibility index (Phi) is 7.15. The first-order valence-electron chi connectivity index (χ1n) is 3.37. The third-order valence-electron chi connectivity index (χ3n) is 1.11. The van der Waals surface area contributed by atoms with Crippen LogP contribution in [0.25, 0.3) is 0 Å². The molecular weight excluding hydrogens is 166 g/mol. The third kappa shape index (κ3) is 10.1. The van der Waals surface area contributed by atoms with E-state index in [0.717, 1.165) is 4.48 Å². The molecular formula is C6H18ClN3O. The Morgan fingerprint density at radius 1 is 1.45 bits per heavy atom. The maximum atomic E-state index is 9.23. The van der Waals surface area contributed by atoms with Gasteiger partial charge >= 0.3 is 0 Å². The van der Waals surface area contributed by atoms with Gasteiger partial charge < -0.3 is 22.0 Å². The zero-order chi connectivity index (χ0) is 8.20. The molecule has 0 saturated carbocycles. The second-order valence-corrected chi connectivity index (χ2v) is 3.53. The van der Waals surface area contributed by atoms with Crippen LogP contribution >= 0.6 is 0 Å². The molecule has 0 fully saturated rings. The molecule has 0 radical (unpaired) electrons. The minimum absolute atomic E-state index is 0. The van der Waals surface area contributed by atoms with Crippen LogP contribution in [0.1, 0.15) is 0 Å². The highest BCUT2D eigenvalue weighted by Gasteiger charge is 2.13. The summed E-state index contributed by atoms with van der Waals surface area (Å²) in [6, 6.07) is 0. The molecule has 5 heteroatoms. The molecule has 0 heterocycles. The molecule has 0 saturated heterocycles. The number of aliphatic hydroxyl groups excluding tert-OH is 1. The molecule has 0 aliphatic heterocycles. The summed E-state index contributed by atoms with van der Waals surface area (Å²) in [6.45, 7) is 1.17. The van der Waals surface area contributed by atoms with E-state index in [1.165, 1.54) is 0 Å². The van der Waals surface area contributed by atoms with Crippen LogP contribution in [-0.4, -0.2) is 49.9 Å². The van der Waals surface area contributed by atoms with Crippen molar-refractivity contribution in [1.29, 1.82) is 0 Å². The van der Waals surface area contributed by atoms with E-state index >= 15 is 0 Å². The van der Waals surface area contributed by atoms with Gasteiger partial charge in [0.2, 0.25) is 0 Å². The van der Waals surface area contributed by atoms with E-state index in [0.29, 0.717) is 13.1 Å². The molecule has 0 aromatic carbocycles. The van der Waals surface area contributed by atoms with Crippen molar-refractivity contribution in [2.75, 3.05) is 34.2 Å². The molecule has 0 aliphatic rings. The van der Waals surface area contributed by atoms with E-state index < -0.39 is 0 Å². The van der Waals surface area contributed by atoms with Crippen LogP contribution in [0.3, 0.4) is 0 Å². The first kappa shape index (κ1) is 13.7. The highest BCUT2D eigenvalue weighted by atomic mass is 35.5. The van der Waals surface area contributed by atoms with Crippen molar-refractivity contribution in [1.82, 2.24) is 5.43 Å². The molecule has 1 atom stereocenters. The Morgan fingerprint density at radius 2 is 1.91 bits per heavy atom. The predicted molar refractivity (Wildman–Crippen MR) is 41.1 cm³/mol. The minimum Gasteiger partial charge on any atom is -1.00 e. The van der Waals surface area contributed by atoms with Crippen LogP contribution in [0.15, 0.2) is 0 Å². The fourth-order valence-corrected chi connectivity index (χ4v) is 0.833. The number of likely N-dealkylation sites (N-methyl/N-ethyl adjacent to an activating group) is 1. The van der Waals surface area contributed by atoms with Crippen molar-refractivity contribution in [3.05, 3.63) is 0 Å². The lowest BCUT2D eigenvalue weighted by Crippen LogP contribution is -3.00. The average Bonchev–Trinajstić information content (AvgIpc) is 1.59. The lowest BCUT2D eigenvalue weighted by molar-refractivity contribution is -0.873. The van der Waals surface area contributed by atoms with Gasteiger partial charge in [-0.3, -0.25) is 11.3 Å². The standard InChI is InChI=1S/C6H18N3O.ClH/c1-9(2,3)5-6(10)4-8-7;/h6,8,10H,4-5,7H2,1-3H3;1H/q+1;/p-1. The fraction of sp³-hybridized carbons (Fsp3) is 1.00. The number of hydrogen-bond acceptors (Lipinski definition) is 3. The summed E-state index contributed by atoms with van der Waals surface area (Å²) < 4.78 is 0.753. The fourth-order valence-electron chi connectivity index (χ4n) is 0.833. The topological polar surface area (TPSA) is 58.3 Å². The molecule has 4 N–H and O–H groups in total. The number of nitrogens with zero attached hydrogens (tertiary/aromatic N) is 1. The van der Waals surface area contributed by atoms with Gasteiger partial charge in [0.15, 0.2) is 0 Å². The lowest BCUT2D eigenvalue weighted by Gasteiger charge is -2.26. The number of halogens is 1. The molecule has 0 aromatic heterocycles. The number of rotatable bonds is 4. The van der Waals surface area contributed by atoms with Crippen molar-refractivity contribution in [2.45, 2.75) is 6.10 Å². The average molecular weight is 184 g/mol. The molecule has 0 bridgehead atoms. The molecule has 0 rings (SSSR count). The molecule has 70 valence electrons. The number of nitrogens with one attached hydrogen (secondary N) is 1. The van der Waals surface area contributed by atoms with E-state index in [1.54, 1.807) is 0 Å². The zero-order valence-corrected chi connectivity index (χ0v) is 8.10. The summed E-state index contributed by atoms with van der Waals surface area (Å²) in [6.07, 6.45) is -0.356. The first-order chi connectivity index (χ1) is 4.45. The summed E-state index contributed by atoms with van der Waals surface area (Å²) >= 11 is 0. The van der Waals surface area contributed by atoms with Crippen LogP contribution in [0, 0.1) is 0 Å². The third-order valence-corrected chi connectivity index (χ3v) is 1.11. The van der Waals surface area contributed by atoms with Gasteiger partial charge in [0.25, 0.3) is 0 Å². The summed E-state index contributed by atoms with van der Waals surface area (Å²) in [5, 5.41) is 9.23. The van der Waals surface area contributed by atoms with Gasteiger partial charge in [0, 0.05) is 6.54 Å². The van der Waals surface area contributed by atoms with Gasteiger partial charge in [0.1, 0.15) is 12.6 Å². The summed E-state index contributed by atoms with van der Waals surface area (Å²) in [4.78, 5) is 0. The predicted octanol–water partition coefficient (Wildman–Crippen LogP) is -4.48. The van der Waals surface area contributed by atoms with Gasteiger partial charge in [-0.05, 0) is 0 Å². The summed E-state index contributed by atoms with van der Waals surface area (Å²) in [7, 11) is 6.08. The maximum Gasteiger partial charge on any atom is 0.117 e. The van der Waals surface area contributed by atoms with Crippen molar-refractivity contribution >= 4 is 0 Å². The Balaban J connectivity index is 0. The molecule has 1 unspecified atom stereocenters. The van der Waals surface area contributed by atoms with Crippen LogP contribution < -0.4 is 23.7 Å². The van der Waals surface area contributed by atoms with E-state index in [2.05, 4.69) is 5.43 Å². The molecule has 0 amide bonds. The van der Waals surface area contributed by atoms with Gasteiger partial charge in [0.05, 0.1) is 21.1 Å². The Bertz CT molecular complexity index is 94.3. The number of nitrogens with two attached hydrogens (primary N) is 1. The van der Waals surface area contributed by atoms with Gasteiger partial charge in [-0.1, -0.05) is 0 Å². The summed E-state index contributed by atoms with van der Waals surface area (Å²) in [5.74, 6) is 5.03. The molecule has 4 nitrogen and oxygen atoms in total. The van der Waals surface area contributed by atoms with Crippen LogP contribution in [-0.2, 0) is 0 Å². The lowest BCUT2D eigenvalue weighted by atomic mass is 10.3. The Morgan fingerprint density at radius 3 is 2.18 bits per heavy atom. The summed E-state index contributed by atoms with van der Waals surface area (Å²) in [5.41, 5.74) is 2.43. The van der Waals surface area contributed by atoms with E-state index in [1.807, 2.05) is 21.1 Å². The van der Waals surface area contributed by atoms with Crippen LogP contribution in [0.2, 0.25) is 0 Å². The highest BCUT2D eigenvalue weighted by Crippen LogP contribution is 1.92. The molecule has 0 aromatic rings. The first-order valence-corrected chi connectivity index (χ1v) is 3.37. The number of quaternary nitrogens is 1. The Labute approximate surface area is 74.3 Å². The van der Waals surface area contributed by atoms with Crippen molar-refractivity contribution in [2.24, 2.45) is 5.84 Å². The van der Waals surface area contributed by atoms with E-state index in [9.17, 15) is 5.11 Å². The maximum absolute atomic E-state index is 9.23. The smallest absolute Gasteiger partial charge is 0.117 e. The van der Waals surface area contributed by atoms with E-state index in [-0.39, 0.29) is 18.5 Å². The minimum atomic E-state index is -0.356. The zero-order valence-electron chi connectivity index (χ0n) is 7.34. The number of hydrazine groups is 1. The highest BCUT2D eigenvalue weighted by molar-refractivity contribution is 4.53. The second-order valence-electron chi connectivity index (χ2n) is 3.53. The van der Waals surface area contributed by atoms with Crippen LogP contribution in [0.5, 0.6) is 0 Å². The van der Waals surface area contributed by atoms with Gasteiger partial charge in [-0.15, -0.1) is 0 Å². The molecule has 11 heavy (non-hydrogen) atoms. The molecule has 0 aliphatic carbocycles. The van der Waals surface area contributed by atoms with E-state index in [4.69, 9.17) is 5.84 Å². The van der Waals surface area contributed by atoms with Gasteiger partial charge in [-0.2, -0.15) is 0 Å². The normalized spacial score (nSPS) is 13.9. The Hall–Kier alpha value is 0.130. The second kappa shape index (κ2) is 5.74. The quantitative estimate of drug-likeness (QED) is 0.234. The van der Waals surface area contributed by atoms with Gasteiger partial charge in [-0.25, -0.2) is 0 Å².